The van der Waals surface area contributed by atoms with Crippen LogP contribution >= 0.6 is 0 Å². The third-order valence-electron chi connectivity index (χ3n) is 4.81. The van der Waals surface area contributed by atoms with E-state index >= 15 is 0 Å². The molecule has 2 aliphatic rings. The van der Waals surface area contributed by atoms with Crippen LogP contribution in [0.5, 0.6) is 0 Å². The van der Waals surface area contributed by atoms with E-state index in [4.69, 9.17) is 5.11 Å². The minimum absolute atomic E-state index is 0.434. The second-order valence-electron chi connectivity index (χ2n) is 6.82. The maximum Gasteiger partial charge on any atom is 0.0462 e. The van der Waals surface area contributed by atoms with E-state index in [1.165, 1.54) is 32.1 Å². The number of hydrogen-bond acceptors (Lipinski definition) is 1. The minimum atomic E-state index is 0.434. The van der Waals surface area contributed by atoms with Crippen LogP contribution in [0.2, 0.25) is 0 Å². The van der Waals surface area contributed by atoms with Gasteiger partial charge in [0.2, 0.25) is 0 Å². The molecule has 0 saturated heterocycles. The lowest BCUT2D eigenvalue weighted by atomic mass is 9.69. The molecule has 0 radical (unpaired) electrons. The normalized spacial score (nSPS) is 41.6. The Morgan fingerprint density at radius 2 is 1.67 bits per heavy atom. The first-order valence-electron chi connectivity index (χ1n) is 6.63. The van der Waals surface area contributed by atoms with E-state index in [0.717, 1.165) is 17.8 Å². The van der Waals surface area contributed by atoms with E-state index < -0.39 is 0 Å². The van der Waals surface area contributed by atoms with Crippen LogP contribution in [-0.2, 0) is 0 Å². The Hall–Kier alpha value is -0.0400. The number of hydrogen-bond donors (Lipinski definition) is 1. The van der Waals surface area contributed by atoms with Gasteiger partial charge in [-0.05, 0) is 61.2 Å². The van der Waals surface area contributed by atoms with E-state index in [2.05, 4.69) is 20.8 Å². The van der Waals surface area contributed by atoms with Crippen LogP contribution in [-0.4, -0.2) is 11.7 Å². The summed E-state index contributed by atoms with van der Waals surface area (Å²) in [5, 5.41) is 9.09. The van der Waals surface area contributed by atoms with Gasteiger partial charge in [-0.15, -0.1) is 0 Å². The Morgan fingerprint density at radius 3 is 2.07 bits per heavy atom. The summed E-state index contributed by atoms with van der Waals surface area (Å²) in [4.78, 5) is 0. The van der Waals surface area contributed by atoms with Gasteiger partial charge in [-0.25, -0.2) is 0 Å². The van der Waals surface area contributed by atoms with Crippen LogP contribution in [0.1, 0.15) is 52.9 Å². The Balaban J connectivity index is 1.78. The van der Waals surface area contributed by atoms with E-state index in [1.54, 1.807) is 0 Å². The zero-order valence-electron chi connectivity index (χ0n) is 10.5. The van der Waals surface area contributed by atoms with Gasteiger partial charge in [-0.3, -0.25) is 0 Å². The van der Waals surface area contributed by atoms with Crippen LogP contribution in [0.4, 0.5) is 0 Å². The fraction of sp³-hybridized carbons (Fsp3) is 1.00. The molecule has 0 aromatic heterocycles. The number of aliphatic hydroxyl groups excluding tert-OH is 1. The highest BCUT2D eigenvalue weighted by atomic mass is 16.3. The highest BCUT2D eigenvalue weighted by Crippen LogP contribution is 2.51. The molecule has 2 aliphatic carbocycles. The van der Waals surface area contributed by atoms with Gasteiger partial charge in [0.1, 0.15) is 0 Å². The first kappa shape index (κ1) is 11.4. The largest absolute Gasteiger partial charge is 0.396 e. The van der Waals surface area contributed by atoms with E-state index in [1.807, 2.05) is 0 Å². The molecular formula is C14H26O. The van der Waals surface area contributed by atoms with E-state index in [0.29, 0.717) is 17.9 Å². The van der Waals surface area contributed by atoms with Crippen LogP contribution in [0.25, 0.3) is 0 Å². The topological polar surface area (TPSA) is 20.2 Å². The Labute approximate surface area is 94.3 Å². The lowest BCUT2D eigenvalue weighted by molar-refractivity contribution is 0.136. The average molecular weight is 210 g/mol. The van der Waals surface area contributed by atoms with E-state index in [-0.39, 0.29) is 0 Å². The predicted octanol–water partition coefficient (Wildman–Crippen LogP) is 3.47. The van der Waals surface area contributed by atoms with Gasteiger partial charge in [-0.2, -0.15) is 0 Å². The molecule has 1 N–H and O–H groups in total. The Bertz CT molecular complexity index is 208. The SMILES string of the molecule is CC(C)(C)C1CCC(C2CC2CO)CC1. The first-order valence-corrected chi connectivity index (χ1v) is 6.63. The molecule has 2 rings (SSSR count). The van der Waals surface area contributed by atoms with Crippen molar-refractivity contribution in [2.24, 2.45) is 29.1 Å². The fourth-order valence-corrected chi connectivity index (χ4v) is 3.47. The molecule has 0 heterocycles. The highest BCUT2D eigenvalue weighted by molar-refractivity contribution is 4.93. The van der Waals surface area contributed by atoms with Gasteiger partial charge in [0, 0.05) is 6.61 Å². The summed E-state index contributed by atoms with van der Waals surface area (Å²) in [7, 11) is 0. The van der Waals surface area contributed by atoms with Crippen molar-refractivity contribution in [3.63, 3.8) is 0 Å². The summed E-state index contributed by atoms with van der Waals surface area (Å²) in [6.07, 6.45) is 6.99. The molecule has 1 heteroatoms. The zero-order chi connectivity index (χ0) is 11.1. The molecule has 1 nitrogen and oxygen atoms in total. The smallest absolute Gasteiger partial charge is 0.0462 e. The number of rotatable bonds is 2. The third kappa shape index (κ3) is 2.55. The lowest BCUT2D eigenvalue weighted by Gasteiger charge is -2.37. The van der Waals surface area contributed by atoms with Crippen LogP contribution < -0.4 is 0 Å². The van der Waals surface area contributed by atoms with Gasteiger partial charge in [0.05, 0.1) is 0 Å². The van der Waals surface area contributed by atoms with Gasteiger partial charge in [0.15, 0.2) is 0 Å². The molecule has 2 fully saturated rings. The van der Waals surface area contributed by atoms with Crippen molar-refractivity contribution in [2.75, 3.05) is 6.61 Å². The quantitative estimate of drug-likeness (QED) is 0.740. The fourth-order valence-electron chi connectivity index (χ4n) is 3.47. The summed E-state index contributed by atoms with van der Waals surface area (Å²) < 4.78 is 0. The molecule has 0 aromatic rings. The molecule has 15 heavy (non-hydrogen) atoms. The summed E-state index contributed by atoms with van der Waals surface area (Å²) in [5.41, 5.74) is 0.505. The van der Waals surface area contributed by atoms with Gasteiger partial charge in [-0.1, -0.05) is 20.8 Å². The third-order valence-corrected chi connectivity index (χ3v) is 4.81. The van der Waals surface area contributed by atoms with Gasteiger partial charge >= 0.3 is 0 Å². The van der Waals surface area contributed by atoms with Crippen LogP contribution in [0.15, 0.2) is 0 Å². The Morgan fingerprint density at radius 1 is 1.07 bits per heavy atom. The maximum absolute atomic E-state index is 9.09. The molecule has 0 amide bonds. The standard InChI is InChI=1S/C14H26O/c1-14(2,3)12-6-4-10(5-7-12)13-8-11(13)9-15/h10-13,15H,4-9H2,1-3H3. The molecule has 88 valence electrons. The molecular weight excluding hydrogens is 184 g/mol. The summed E-state index contributed by atoms with van der Waals surface area (Å²) in [5.74, 6) is 3.43. The predicted molar refractivity (Wildman–Crippen MR) is 63.6 cm³/mol. The summed E-state index contributed by atoms with van der Waals surface area (Å²) >= 11 is 0. The lowest BCUT2D eigenvalue weighted by Crippen LogP contribution is -2.26. The second kappa shape index (κ2) is 4.08. The summed E-state index contributed by atoms with van der Waals surface area (Å²) in [6, 6.07) is 0. The van der Waals surface area contributed by atoms with Crippen molar-refractivity contribution >= 4 is 0 Å². The Kier molecular flexibility index (Phi) is 3.12. The molecule has 0 bridgehead atoms. The van der Waals surface area contributed by atoms with Crippen molar-refractivity contribution in [1.29, 1.82) is 0 Å². The molecule has 2 unspecified atom stereocenters. The molecule has 0 spiro atoms. The van der Waals surface area contributed by atoms with Crippen molar-refractivity contribution in [3.05, 3.63) is 0 Å². The van der Waals surface area contributed by atoms with Crippen molar-refractivity contribution in [1.82, 2.24) is 0 Å². The molecule has 0 aromatic carbocycles. The number of aliphatic hydroxyl groups is 1. The maximum atomic E-state index is 9.09. The van der Waals surface area contributed by atoms with Crippen LogP contribution in [0.3, 0.4) is 0 Å². The van der Waals surface area contributed by atoms with Crippen molar-refractivity contribution < 1.29 is 5.11 Å². The monoisotopic (exact) mass is 210 g/mol. The molecule has 0 aliphatic heterocycles. The van der Waals surface area contributed by atoms with Crippen molar-refractivity contribution in [3.8, 4) is 0 Å². The van der Waals surface area contributed by atoms with Crippen molar-refractivity contribution in [2.45, 2.75) is 52.9 Å². The van der Waals surface area contributed by atoms with Gasteiger partial charge in [0.25, 0.3) is 0 Å². The van der Waals surface area contributed by atoms with Gasteiger partial charge < -0.3 is 5.11 Å². The van der Waals surface area contributed by atoms with Crippen LogP contribution in [0, 0.1) is 29.1 Å². The average Bonchev–Trinajstić information content (AvgIpc) is 2.95. The second-order valence-corrected chi connectivity index (χ2v) is 6.82. The molecule has 2 atom stereocenters. The molecule has 2 saturated carbocycles. The zero-order valence-corrected chi connectivity index (χ0v) is 10.5. The minimum Gasteiger partial charge on any atom is -0.396 e. The first-order chi connectivity index (χ1) is 7.02. The van der Waals surface area contributed by atoms with E-state index in [9.17, 15) is 0 Å². The summed E-state index contributed by atoms with van der Waals surface area (Å²) in [6.45, 7) is 7.58. The highest BCUT2D eigenvalue weighted by Gasteiger charge is 2.43.